The van der Waals surface area contributed by atoms with Gasteiger partial charge >= 0.3 is 0 Å². The number of benzene rings is 1. The molecule has 1 N–H and O–H groups in total. The summed E-state index contributed by atoms with van der Waals surface area (Å²) in [5.74, 6) is 0.887. The van der Waals surface area contributed by atoms with Gasteiger partial charge in [-0.05, 0) is 60.5 Å². The van der Waals surface area contributed by atoms with E-state index in [2.05, 4.69) is 35.0 Å². The highest BCUT2D eigenvalue weighted by Crippen LogP contribution is 2.52. The smallest absolute Gasteiger partial charge is 0.0477 e. The Morgan fingerprint density at radius 3 is 2.94 bits per heavy atom. The minimum Gasteiger partial charge on any atom is -0.307 e. The maximum Gasteiger partial charge on any atom is 0.0477 e. The molecule has 0 radical (unpaired) electrons. The highest BCUT2D eigenvalue weighted by atomic mass is 32.1. The van der Waals surface area contributed by atoms with Crippen molar-refractivity contribution in [2.24, 2.45) is 5.92 Å². The SMILES string of the molecule is c1cc(C2(C3CC3)CCCN2)c2sccc2c1. The molecular weight excluding hydrogens is 226 g/mol. The van der Waals surface area contributed by atoms with E-state index in [0.29, 0.717) is 5.54 Å². The van der Waals surface area contributed by atoms with Gasteiger partial charge in [0.2, 0.25) is 0 Å². The molecule has 1 nitrogen and oxygen atoms in total. The number of hydrogen-bond acceptors (Lipinski definition) is 2. The monoisotopic (exact) mass is 243 g/mol. The van der Waals surface area contributed by atoms with Crippen LogP contribution in [-0.4, -0.2) is 6.54 Å². The molecule has 1 saturated carbocycles. The molecule has 1 aromatic heterocycles. The first-order valence-corrected chi connectivity index (χ1v) is 7.50. The van der Waals surface area contributed by atoms with Crippen molar-refractivity contribution in [3.63, 3.8) is 0 Å². The van der Waals surface area contributed by atoms with Crippen LogP contribution in [0.1, 0.15) is 31.2 Å². The van der Waals surface area contributed by atoms with Crippen LogP contribution in [0, 0.1) is 5.92 Å². The fourth-order valence-electron chi connectivity index (χ4n) is 3.49. The number of rotatable bonds is 2. The summed E-state index contributed by atoms with van der Waals surface area (Å²) in [7, 11) is 0. The summed E-state index contributed by atoms with van der Waals surface area (Å²) in [5.41, 5.74) is 1.88. The van der Waals surface area contributed by atoms with Gasteiger partial charge in [0.15, 0.2) is 0 Å². The standard InChI is InChI=1S/C15H17NS/c1-3-11-7-10-17-14(11)13(4-1)15(12-5-6-12)8-2-9-16-15/h1,3-4,7,10,12,16H,2,5-6,8-9H2. The normalized spacial score (nSPS) is 28.9. The second kappa shape index (κ2) is 3.56. The van der Waals surface area contributed by atoms with E-state index >= 15 is 0 Å². The molecule has 88 valence electrons. The third-order valence-corrected chi connectivity index (χ3v) is 5.39. The zero-order chi connectivity index (χ0) is 11.3. The molecular formula is C15H17NS. The van der Waals surface area contributed by atoms with Crippen molar-refractivity contribution in [3.05, 3.63) is 35.2 Å². The largest absolute Gasteiger partial charge is 0.307 e. The molecule has 17 heavy (non-hydrogen) atoms. The topological polar surface area (TPSA) is 12.0 Å². The number of nitrogens with one attached hydrogen (secondary N) is 1. The van der Waals surface area contributed by atoms with Crippen LogP contribution in [0.2, 0.25) is 0 Å². The second-order valence-corrected chi connectivity index (χ2v) is 6.34. The second-order valence-electron chi connectivity index (χ2n) is 5.42. The number of fused-ring (bicyclic) bond motifs is 1. The molecule has 1 saturated heterocycles. The minimum absolute atomic E-state index is 0.310. The molecule has 4 rings (SSSR count). The first kappa shape index (κ1) is 10.1. The Morgan fingerprint density at radius 1 is 1.24 bits per heavy atom. The van der Waals surface area contributed by atoms with Crippen LogP contribution in [0.15, 0.2) is 29.6 Å². The molecule has 1 unspecified atom stereocenters. The zero-order valence-electron chi connectivity index (χ0n) is 9.91. The van der Waals surface area contributed by atoms with Crippen molar-refractivity contribution < 1.29 is 0 Å². The summed E-state index contributed by atoms with van der Waals surface area (Å²) < 4.78 is 1.51. The summed E-state index contributed by atoms with van der Waals surface area (Å²) in [5, 5.41) is 7.48. The lowest BCUT2D eigenvalue weighted by atomic mass is 9.83. The molecule has 1 atom stereocenters. The first-order valence-electron chi connectivity index (χ1n) is 6.62. The van der Waals surface area contributed by atoms with Crippen molar-refractivity contribution in [3.8, 4) is 0 Å². The van der Waals surface area contributed by atoms with Gasteiger partial charge in [0.25, 0.3) is 0 Å². The van der Waals surface area contributed by atoms with Gasteiger partial charge in [-0.3, -0.25) is 0 Å². The quantitative estimate of drug-likeness (QED) is 0.843. The lowest BCUT2D eigenvalue weighted by Gasteiger charge is -2.31. The Labute approximate surface area is 106 Å². The molecule has 2 aromatic rings. The average Bonchev–Trinajstić information content (AvgIpc) is 2.94. The van der Waals surface area contributed by atoms with E-state index < -0.39 is 0 Å². The summed E-state index contributed by atoms with van der Waals surface area (Å²) in [4.78, 5) is 0. The molecule has 2 heteroatoms. The number of thiophene rings is 1. The van der Waals surface area contributed by atoms with E-state index in [1.165, 1.54) is 42.3 Å². The van der Waals surface area contributed by atoms with E-state index in [1.54, 1.807) is 5.56 Å². The van der Waals surface area contributed by atoms with Gasteiger partial charge in [-0.25, -0.2) is 0 Å². The predicted molar refractivity (Wildman–Crippen MR) is 73.5 cm³/mol. The van der Waals surface area contributed by atoms with E-state index in [9.17, 15) is 0 Å². The number of hydrogen-bond donors (Lipinski definition) is 1. The van der Waals surface area contributed by atoms with Gasteiger partial charge in [0, 0.05) is 10.2 Å². The van der Waals surface area contributed by atoms with Crippen LogP contribution >= 0.6 is 11.3 Å². The fourth-order valence-corrected chi connectivity index (χ4v) is 4.49. The van der Waals surface area contributed by atoms with Gasteiger partial charge in [0.05, 0.1) is 0 Å². The van der Waals surface area contributed by atoms with Gasteiger partial charge in [-0.15, -0.1) is 11.3 Å². The molecule has 1 aromatic carbocycles. The van der Waals surface area contributed by atoms with Crippen LogP contribution < -0.4 is 5.32 Å². The van der Waals surface area contributed by atoms with Gasteiger partial charge in [0.1, 0.15) is 0 Å². The third kappa shape index (κ3) is 1.40. The molecule has 2 fully saturated rings. The molecule has 0 amide bonds. The van der Waals surface area contributed by atoms with Crippen molar-refractivity contribution in [1.29, 1.82) is 0 Å². The fraction of sp³-hybridized carbons (Fsp3) is 0.467. The van der Waals surface area contributed by atoms with E-state index in [0.717, 1.165) is 5.92 Å². The lowest BCUT2D eigenvalue weighted by Crippen LogP contribution is -2.39. The van der Waals surface area contributed by atoms with Crippen LogP contribution in [0.5, 0.6) is 0 Å². The Hall–Kier alpha value is -0.860. The van der Waals surface area contributed by atoms with Crippen molar-refractivity contribution >= 4 is 21.4 Å². The molecule has 1 aliphatic carbocycles. The van der Waals surface area contributed by atoms with Gasteiger partial charge in [-0.1, -0.05) is 18.2 Å². The summed E-state index contributed by atoms with van der Waals surface area (Å²) >= 11 is 1.90. The maximum absolute atomic E-state index is 3.84. The van der Waals surface area contributed by atoms with Gasteiger partial charge < -0.3 is 5.32 Å². The van der Waals surface area contributed by atoms with Crippen LogP contribution in [-0.2, 0) is 5.54 Å². The van der Waals surface area contributed by atoms with Crippen LogP contribution in [0.25, 0.3) is 10.1 Å². The van der Waals surface area contributed by atoms with Crippen molar-refractivity contribution in [2.75, 3.05) is 6.54 Å². The highest BCUT2D eigenvalue weighted by molar-refractivity contribution is 7.17. The Balaban J connectivity index is 1.94. The van der Waals surface area contributed by atoms with Crippen LogP contribution in [0.3, 0.4) is 0 Å². The average molecular weight is 243 g/mol. The summed E-state index contributed by atoms with van der Waals surface area (Å²) in [6.45, 7) is 1.19. The van der Waals surface area contributed by atoms with Crippen molar-refractivity contribution in [2.45, 2.75) is 31.2 Å². The zero-order valence-corrected chi connectivity index (χ0v) is 10.7. The summed E-state index contributed by atoms with van der Waals surface area (Å²) in [6.07, 6.45) is 5.48. The molecule has 1 aliphatic heterocycles. The van der Waals surface area contributed by atoms with E-state index in [4.69, 9.17) is 0 Å². The minimum atomic E-state index is 0.310. The molecule has 2 heterocycles. The van der Waals surface area contributed by atoms with E-state index in [1.807, 2.05) is 11.3 Å². The van der Waals surface area contributed by atoms with Gasteiger partial charge in [-0.2, -0.15) is 0 Å². The molecule has 0 bridgehead atoms. The highest BCUT2D eigenvalue weighted by Gasteiger charge is 2.48. The van der Waals surface area contributed by atoms with Crippen LogP contribution in [0.4, 0.5) is 0 Å². The Morgan fingerprint density at radius 2 is 2.18 bits per heavy atom. The predicted octanol–water partition coefficient (Wildman–Crippen LogP) is 3.89. The summed E-state index contributed by atoms with van der Waals surface area (Å²) in [6, 6.07) is 9.08. The molecule has 0 spiro atoms. The molecule has 2 aliphatic rings. The van der Waals surface area contributed by atoms with Crippen molar-refractivity contribution in [1.82, 2.24) is 5.32 Å². The lowest BCUT2D eigenvalue weighted by molar-refractivity contribution is 0.339. The maximum atomic E-state index is 3.84. The Kier molecular flexibility index (Phi) is 2.12. The Bertz CT molecular complexity index is 547. The third-order valence-electron chi connectivity index (χ3n) is 4.42. The van der Waals surface area contributed by atoms with E-state index in [-0.39, 0.29) is 0 Å². The first-order chi connectivity index (χ1) is 8.40.